The summed E-state index contributed by atoms with van der Waals surface area (Å²) in [6.07, 6.45) is -5.95. The van der Waals surface area contributed by atoms with E-state index >= 15 is 0 Å². The number of nitrogens with one attached hydrogen (secondary N) is 1. The van der Waals surface area contributed by atoms with Crippen LogP contribution in [0.25, 0.3) is 16.7 Å². The Hall–Kier alpha value is -5.07. The number of benzene rings is 1. The lowest BCUT2D eigenvalue weighted by atomic mass is 10.2. The molecule has 0 atom stereocenters. The minimum atomic E-state index is -5.08. The predicted molar refractivity (Wildman–Crippen MR) is 146 cm³/mol. The molecule has 19 heteroatoms. The molecule has 3 N–H and O–H groups in total. The van der Waals surface area contributed by atoms with Gasteiger partial charge in [0.2, 0.25) is 5.82 Å². The monoisotopic (exact) mass is 644 g/mol. The smallest absolute Gasteiger partial charge is 0.475 e. The van der Waals surface area contributed by atoms with E-state index in [1.54, 1.807) is 16.9 Å². The van der Waals surface area contributed by atoms with Gasteiger partial charge in [-0.25, -0.2) is 19.1 Å². The molecule has 0 radical (unpaired) electrons. The van der Waals surface area contributed by atoms with E-state index < -0.39 is 24.3 Å². The van der Waals surface area contributed by atoms with Gasteiger partial charge < -0.3 is 25.3 Å². The molecule has 1 amide bonds. The molecule has 5 rings (SSSR count). The molecule has 45 heavy (non-hydrogen) atoms. The first-order valence-electron chi connectivity index (χ1n) is 12.9. The van der Waals surface area contributed by atoms with Crippen LogP contribution in [-0.2, 0) is 16.0 Å². The number of alkyl halides is 6. The van der Waals surface area contributed by atoms with Gasteiger partial charge in [0.25, 0.3) is 5.91 Å². The molecule has 1 saturated heterocycles. The highest BCUT2D eigenvalue weighted by Crippen LogP contribution is 2.24. The summed E-state index contributed by atoms with van der Waals surface area (Å²) < 4.78 is 65.2. The van der Waals surface area contributed by atoms with Crippen molar-refractivity contribution in [1.29, 1.82) is 0 Å². The van der Waals surface area contributed by atoms with Crippen molar-refractivity contribution >= 4 is 40.3 Å². The lowest BCUT2D eigenvalue weighted by molar-refractivity contribution is -0.193. The number of carboxylic acid groups (broad SMARTS) is 2. The van der Waals surface area contributed by atoms with E-state index in [-0.39, 0.29) is 11.7 Å². The summed E-state index contributed by atoms with van der Waals surface area (Å²) in [5.41, 5.74) is 3.39. The number of hydrogen-bond donors (Lipinski definition) is 3. The Kier molecular flexibility index (Phi) is 11.2. The summed E-state index contributed by atoms with van der Waals surface area (Å²) in [6, 6.07) is 11.7. The fourth-order valence-corrected chi connectivity index (χ4v) is 3.80. The summed E-state index contributed by atoms with van der Waals surface area (Å²) in [7, 11) is 2.12. The number of pyridine rings is 1. The second kappa shape index (κ2) is 14.6. The number of para-hydroxylation sites is 2. The van der Waals surface area contributed by atoms with Crippen molar-refractivity contribution in [1.82, 2.24) is 34.8 Å². The van der Waals surface area contributed by atoms with Gasteiger partial charge in [-0.05, 0) is 43.3 Å². The number of halogens is 6. The third-order valence-electron chi connectivity index (χ3n) is 6.08. The Balaban J connectivity index is 0.000000331. The van der Waals surface area contributed by atoms with Gasteiger partial charge in [0.15, 0.2) is 11.5 Å². The Labute approximate surface area is 250 Å². The van der Waals surface area contributed by atoms with Crippen LogP contribution in [0, 0.1) is 0 Å². The van der Waals surface area contributed by atoms with Crippen LogP contribution in [-0.4, -0.2) is 110 Å². The normalized spacial score (nSPS) is 13.8. The Morgan fingerprint density at radius 3 is 1.98 bits per heavy atom. The third-order valence-corrected chi connectivity index (χ3v) is 6.08. The second-order valence-corrected chi connectivity index (χ2v) is 9.35. The molecular weight excluding hydrogens is 618 g/mol. The minimum Gasteiger partial charge on any atom is -0.475 e. The topological polar surface area (TPSA) is 166 Å². The molecule has 242 valence electrons. The molecule has 0 bridgehead atoms. The van der Waals surface area contributed by atoms with Crippen molar-refractivity contribution in [3.8, 4) is 0 Å². The number of rotatable bonds is 5. The number of carbonyl (C=O) groups excluding carboxylic acids is 1. The Morgan fingerprint density at radius 2 is 1.42 bits per heavy atom. The molecule has 4 heterocycles. The number of amides is 1. The summed E-state index contributed by atoms with van der Waals surface area (Å²) >= 11 is 0. The van der Waals surface area contributed by atoms with Crippen LogP contribution in [0.3, 0.4) is 0 Å². The van der Waals surface area contributed by atoms with Gasteiger partial charge in [-0.1, -0.05) is 12.1 Å². The molecule has 1 aromatic carbocycles. The van der Waals surface area contributed by atoms with Gasteiger partial charge in [0.05, 0.1) is 11.0 Å². The summed E-state index contributed by atoms with van der Waals surface area (Å²) in [4.78, 5) is 48.6. The van der Waals surface area contributed by atoms with E-state index in [4.69, 9.17) is 24.8 Å². The van der Waals surface area contributed by atoms with E-state index in [9.17, 15) is 31.1 Å². The minimum absolute atomic E-state index is 0.156. The molecule has 0 spiro atoms. The van der Waals surface area contributed by atoms with Crippen LogP contribution >= 0.6 is 0 Å². The number of hydrogen-bond acceptors (Lipinski definition) is 9. The molecule has 1 aliphatic heterocycles. The molecular formula is C26H26F6N8O5. The average Bonchev–Trinajstić information content (AvgIpc) is 3.44. The lowest BCUT2D eigenvalue weighted by Gasteiger charge is -2.33. The number of aliphatic carboxylic acids is 2. The van der Waals surface area contributed by atoms with Crippen LogP contribution in [0.2, 0.25) is 0 Å². The number of anilines is 1. The molecule has 1 aliphatic rings. The zero-order valence-electron chi connectivity index (χ0n) is 23.4. The fourth-order valence-electron chi connectivity index (χ4n) is 3.80. The molecule has 13 nitrogen and oxygen atoms in total. The molecule has 0 saturated carbocycles. The number of carbonyl (C=O) groups is 3. The SMILES string of the molecule is CN1CCN(c2nc3ccccc3n3nc(C(=O)NCCc4ccncc4)nc23)CC1.O=C(O)C(F)(F)F.O=C(O)C(F)(F)F. The maximum Gasteiger partial charge on any atom is 0.490 e. The first kappa shape index (κ1) is 34.4. The first-order chi connectivity index (χ1) is 21.1. The van der Waals surface area contributed by atoms with E-state index in [1.807, 2.05) is 36.4 Å². The molecule has 0 unspecified atom stereocenters. The number of nitrogens with zero attached hydrogens (tertiary/aromatic N) is 7. The van der Waals surface area contributed by atoms with Crippen LogP contribution in [0.5, 0.6) is 0 Å². The number of fused-ring (bicyclic) bond motifs is 3. The van der Waals surface area contributed by atoms with Crippen LogP contribution in [0.15, 0.2) is 48.8 Å². The van der Waals surface area contributed by atoms with Gasteiger partial charge in [-0.15, -0.1) is 5.10 Å². The zero-order chi connectivity index (χ0) is 33.4. The zero-order valence-corrected chi connectivity index (χ0v) is 23.4. The third kappa shape index (κ3) is 9.71. The first-order valence-corrected chi connectivity index (χ1v) is 12.9. The summed E-state index contributed by atoms with van der Waals surface area (Å²) in [6.45, 7) is 4.13. The quantitative estimate of drug-likeness (QED) is 0.274. The lowest BCUT2D eigenvalue weighted by Crippen LogP contribution is -2.45. The van der Waals surface area contributed by atoms with Gasteiger partial charge in [0, 0.05) is 45.1 Å². The maximum absolute atomic E-state index is 12.8. The van der Waals surface area contributed by atoms with Gasteiger partial charge in [-0.2, -0.15) is 31.3 Å². The van der Waals surface area contributed by atoms with E-state index in [0.717, 1.165) is 55.0 Å². The predicted octanol–water partition coefficient (Wildman–Crippen LogP) is 2.66. The highest BCUT2D eigenvalue weighted by molar-refractivity contribution is 5.92. The number of likely N-dealkylation sites (N-methyl/N-ethyl adjacent to an activating group) is 1. The molecule has 0 aliphatic carbocycles. The second-order valence-electron chi connectivity index (χ2n) is 9.35. The van der Waals surface area contributed by atoms with E-state index in [0.29, 0.717) is 12.2 Å². The largest absolute Gasteiger partial charge is 0.490 e. The van der Waals surface area contributed by atoms with Crippen LogP contribution in [0.4, 0.5) is 32.2 Å². The van der Waals surface area contributed by atoms with Gasteiger partial charge >= 0.3 is 24.3 Å². The molecule has 1 fully saturated rings. The summed E-state index contributed by atoms with van der Waals surface area (Å²) in [5.74, 6) is -4.87. The highest BCUT2D eigenvalue weighted by Gasteiger charge is 2.38. The Bertz CT molecular complexity index is 1600. The van der Waals surface area contributed by atoms with Crippen molar-refractivity contribution in [2.24, 2.45) is 0 Å². The van der Waals surface area contributed by atoms with Crippen molar-refractivity contribution in [2.45, 2.75) is 18.8 Å². The Morgan fingerprint density at radius 1 is 0.867 bits per heavy atom. The van der Waals surface area contributed by atoms with Crippen LogP contribution < -0.4 is 10.2 Å². The molecule has 4 aromatic rings. The van der Waals surface area contributed by atoms with E-state index in [1.165, 1.54) is 0 Å². The fraction of sp³-hybridized carbons (Fsp3) is 0.346. The van der Waals surface area contributed by atoms with Crippen molar-refractivity contribution < 1.29 is 50.9 Å². The average molecular weight is 645 g/mol. The summed E-state index contributed by atoms with van der Waals surface area (Å²) in [5, 5.41) is 21.7. The number of aromatic nitrogens is 5. The number of piperazine rings is 1. The standard InChI is InChI=1S/C22H24N8O.2C2HF3O2/c1-28-12-14-29(15-13-28)20-21-26-19(22(31)24-11-8-16-6-9-23-10-7-16)27-30(21)18-5-3-2-4-17(18)25-20;2*3-2(4,5)1(6)7/h2-7,9-10H,8,11-15H2,1H3,(H,24,31);2*(H,6,7). The highest BCUT2D eigenvalue weighted by atomic mass is 19.4. The van der Waals surface area contributed by atoms with Crippen molar-refractivity contribution in [3.63, 3.8) is 0 Å². The van der Waals surface area contributed by atoms with Gasteiger partial charge in [-0.3, -0.25) is 9.78 Å². The van der Waals surface area contributed by atoms with E-state index in [2.05, 4.69) is 37.2 Å². The van der Waals surface area contributed by atoms with Crippen molar-refractivity contribution in [2.75, 3.05) is 44.7 Å². The van der Waals surface area contributed by atoms with Crippen LogP contribution in [0.1, 0.15) is 16.2 Å². The maximum atomic E-state index is 12.8. The van der Waals surface area contributed by atoms with Gasteiger partial charge in [0.1, 0.15) is 0 Å². The number of carboxylic acids is 2. The molecule has 3 aromatic heterocycles. The van der Waals surface area contributed by atoms with Crippen molar-refractivity contribution in [3.05, 3.63) is 60.2 Å².